The van der Waals surface area contributed by atoms with Gasteiger partial charge < -0.3 is 9.84 Å². The van der Waals surface area contributed by atoms with Crippen LogP contribution in [0.5, 0.6) is 0 Å². The molecule has 4 heteroatoms. The van der Waals surface area contributed by atoms with Gasteiger partial charge in [0.25, 0.3) is 0 Å². The second-order valence-corrected chi connectivity index (χ2v) is 4.88. The quantitative estimate of drug-likeness (QED) is 0.889. The van der Waals surface area contributed by atoms with Crippen molar-refractivity contribution in [3.8, 4) is 0 Å². The number of hydrogen-bond acceptors (Lipinski definition) is 3. The van der Waals surface area contributed by atoms with Crippen LogP contribution in [0.15, 0.2) is 18.2 Å². The summed E-state index contributed by atoms with van der Waals surface area (Å²) in [5.74, 6) is 0. The highest BCUT2D eigenvalue weighted by atomic mass is 35.5. The van der Waals surface area contributed by atoms with Gasteiger partial charge in [0, 0.05) is 31.8 Å². The molecule has 1 heterocycles. The van der Waals surface area contributed by atoms with E-state index in [1.807, 2.05) is 12.1 Å². The molecule has 2 rings (SSSR count). The first kappa shape index (κ1) is 12.8. The Labute approximate surface area is 107 Å². The number of aliphatic hydroxyl groups excluding tert-OH is 1. The van der Waals surface area contributed by atoms with Gasteiger partial charge in [-0.25, -0.2) is 0 Å². The summed E-state index contributed by atoms with van der Waals surface area (Å²) in [6.45, 7) is 2.84. The van der Waals surface area contributed by atoms with Gasteiger partial charge in [-0.1, -0.05) is 23.7 Å². The van der Waals surface area contributed by atoms with E-state index in [-0.39, 0.29) is 0 Å². The number of benzene rings is 1. The predicted molar refractivity (Wildman–Crippen MR) is 68.3 cm³/mol. The molecule has 0 aliphatic carbocycles. The van der Waals surface area contributed by atoms with E-state index in [9.17, 15) is 5.11 Å². The molecule has 0 fully saturated rings. The van der Waals surface area contributed by atoms with Gasteiger partial charge in [-0.2, -0.15) is 0 Å². The molecule has 1 aliphatic heterocycles. The third kappa shape index (κ3) is 3.19. The Morgan fingerprint density at radius 1 is 1.53 bits per heavy atom. The Kier molecular flexibility index (Phi) is 4.40. The Morgan fingerprint density at radius 3 is 3.12 bits per heavy atom. The normalized spacial score (nSPS) is 17.8. The highest BCUT2D eigenvalue weighted by molar-refractivity contribution is 6.31. The van der Waals surface area contributed by atoms with E-state index in [0.29, 0.717) is 13.2 Å². The lowest BCUT2D eigenvalue weighted by Crippen LogP contribution is -2.38. The minimum Gasteiger partial charge on any atom is -0.389 e. The summed E-state index contributed by atoms with van der Waals surface area (Å²) in [5.41, 5.74) is 2.53. The van der Waals surface area contributed by atoms with Crippen LogP contribution in [0.25, 0.3) is 0 Å². The average molecular weight is 256 g/mol. The Morgan fingerprint density at radius 2 is 2.35 bits per heavy atom. The Hall–Kier alpha value is -0.610. The Bertz CT molecular complexity index is 384. The van der Waals surface area contributed by atoms with Gasteiger partial charge in [0.05, 0.1) is 12.7 Å². The number of fused-ring (bicyclic) bond motifs is 1. The fraction of sp³-hybridized carbons (Fsp3) is 0.538. The summed E-state index contributed by atoms with van der Waals surface area (Å²) in [6.07, 6.45) is 0.537. The smallest absolute Gasteiger partial charge is 0.0900 e. The maximum atomic E-state index is 9.71. The van der Waals surface area contributed by atoms with Crippen molar-refractivity contribution >= 4 is 11.6 Å². The number of ether oxygens (including phenoxy) is 1. The molecule has 0 radical (unpaired) electrons. The number of rotatable bonds is 4. The van der Waals surface area contributed by atoms with Crippen molar-refractivity contribution < 1.29 is 9.84 Å². The highest BCUT2D eigenvalue weighted by Gasteiger charge is 2.19. The highest BCUT2D eigenvalue weighted by Crippen LogP contribution is 2.25. The van der Waals surface area contributed by atoms with Crippen LogP contribution in [-0.2, 0) is 17.7 Å². The molecule has 0 bridgehead atoms. The van der Waals surface area contributed by atoms with E-state index in [4.69, 9.17) is 16.3 Å². The molecule has 0 aromatic heterocycles. The standard InChI is InChI=1S/C13H18ClNO2/c1-17-9-11(16)8-15-6-5-12-10(7-15)3-2-4-13(12)14/h2-4,11,16H,5-9H2,1H3/t11-/m0/s1. The predicted octanol–water partition coefficient (Wildman–Crippen LogP) is 1.71. The zero-order valence-electron chi connectivity index (χ0n) is 10.0. The molecule has 0 spiro atoms. The first-order valence-corrected chi connectivity index (χ1v) is 6.24. The van der Waals surface area contributed by atoms with E-state index in [2.05, 4.69) is 11.0 Å². The zero-order valence-corrected chi connectivity index (χ0v) is 10.8. The second kappa shape index (κ2) is 5.83. The number of aliphatic hydroxyl groups is 1. The van der Waals surface area contributed by atoms with Gasteiger partial charge in [0.2, 0.25) is 0 Å². The van der Waals surface area contributed by atoms with Crippen LogP contribution in [0.1, 0.15) is 11.1 Å². The SMILES string of the molecule is COC[C@@H](O)CN1CCc2c(Cl)cccc2C1. The molecule has 94 valence electrons. The monoisotopic (exact) mass is 255 g/mol. The van der Waals surface area contributed by atoms with Gasteiger partial charge in [-0.05, 0) is 23.6 Å². The van der Waals surface area contributed by atoms with Gasteiger partial charge in [-0.15, -0.1) is 0 Å². The first-order chi connectivity index (χ1) is 8.20. The van der Waals surface area contributed by atoms with Crippen LogP contribution in [0.3, 0.4) is 0 Å². The molecule has 1 aliphatic rings. The molecule has 0 amide bonds. The molecule has 3 nitrogen and oxygen atoms in total. The van der Waals surface area contributed by atoms with Gasteiger partial charge >= 0.3 is 0 Å². The third-order valence-electron chi connectivity index (χ3n) is 3.12. The van der Waals surface area contributed by atoms with Crippen LogP contribution < -0.4 is 0 Å². The topological polar surface area (TPSA) is 32.7 Å². The lowest BCUT2D eigenvalue weighted by molar-refractivity contribution is 0.0346. The summed E-state index contributed by atoms with van der Waals surface area (Å²) >= 11 is 6.16. The second-order valence-electron chi connectivity index (χ2n) is 4.47. The minimum atomic E-state index is -0.416. The number of methoxy groups -OCH3 is 1. The summed E-state index contributed by atoms with van der Waals surface area (Å²) in [7, 11) is 1.61. The van der Waals surface area contributed by atoms with E-state index in [0.717, 1.165) is 24.5 Å². The van der Waals surface area contributed by atoms with Crippen molar-refractivity contribution in [3.05, 3.63) is 34.3 Å². The first-order valence-electron chi connectivity index (χ1n) is 5.86. The van der Waals surface area contributed by atoms with Gasteiger partial charge in [0.1, 0.15) is 0 Å². The van der Waals surface area contributed by atoms with E-state index in [1.165, 1.54) is 11.1 Å². The average Bonchev–Trinajstić information content (AvgIpc) is 2.29. The van der Waals surface area contributed by atoms with Crippen molar-refractivity contribution in [2.75, 3.05) is 26.8 Å². The fourth-order valence-corrected chi connectivity index (χ4v) is 2.61. The number of β-amino-alcohol motifs (C(OH)–C–C–N with tert-alkyl or cyclic N) is 1. The van der Waals surface area contributed by atoms with Crippen molar-refractivity contribution in [3.63, 3.8) is 0 Å². The molecule has 0 saturated heterocycles. The molecule has 1 atom stereocenters. The lowest BCUT2D eigenvalue weighted by atomic mass is 9.99. The molecular formula is C13H18ClNO2. The third-order valence-corrected chi connectivity index (χ3v) is 3.47. The lowest BCUT2D eigenvalue weighted by Gasteiger charge is -2.30. The van der Waals surface area contributed by atoms with Crippen LogP contribution >= 0.6 is 11.6 Å². The zero-order chi connectivity index (χ0) is 12.3. The summed E-state index contributed by atoms with van der Waals surface area (Å²) in [4.78, 5) is 2.24. The van der Waals surface area contributed by atoms with Crippen molar-refractivity contribution in [2.24, 2.45) is 0 Å². The van der Waals surface area contributed by atoms with Crippen LogP contribution in [-0.4, -0.2) is 42.9 Å². The summed E-state index contributed by atoms with van der Waals surface area (Å²) in [5, 5.41) is 10.6. The molecule has 1 aromatic rings. The van der Waals surface area contributed by atoms with E-state index >= 15 is 0 Å². The molecule has 17 heavy (non-hydrogen) atoms. The van der Waals surface area contributed by atoms with Gasteiger partial charge in [0.15, 0.2) is 0 Å². The number of hydrogen-bond donors (Lipinski definition) is 1. The maximum absolute atomic E-state index is 9.71. The van der Waals surface area contributed by atoms with E-state index < -0.39 is 6.10 Å². The van der Waals surface area contributed by atoms with Crippen LogP contribution in [0.4, 0.5) is 0 Å². The summed E-state index contributed by atoms with van der Waals surface area (Å²) < 4.78 is 4.94. The van der Waals surface area contributed by atoms with Crippen molar-refractivity contribution in [1.29, 1.82) is 0 Å². The van der Waals surface area contributed by atoms with Crippen molar-refractivity contribution in [2.45, 2.75) is 19.1 Å². The number of nitrogens with zero attached hydrogens (tertiary/aromatic N) is 1. The van der Waals surface area contributed by atoms with Crippen LogP contribution in [0.2, 0.25) is 5.02 Å². The molecule has 0 saturated carbocycles. The number of halogens is 1. The molecule has 1 aromatic carbocycles. The van der Waals surface area contributed by atoms with Crippen LogP contribution in [0, 0.1) is 0 Å². The largest absolute Gasteiger partial charge is 0.389 e. The van der Waals surface area contributed by atoms with E-state index in [1.54, 1.807) is 7.11 Å². The molecular weight excluding hydrogens is 238 g/mol. The fourth-order valence-electron chi connectivity index (χ4n) is 2.32. The maximum Gasteiger partial charge on any atom is 0.0900 e. The molecule has 1 N–H and O–H groups in total. The molecule has 0 unspecified atom stereocenters. The van der Waals surface area contributed by atoms with Gasteiger partial charge in [-0.3, -0.25) is 4.90 Å². The summed E-state index contributed by atoms with van der Waals surface area (Å²) in [6, 6.07) is 6.03. The van der Waals surface area contributed by atoms with Crippen molar-refractivity contribution in [1.82, 2.24) is 4.90 Å². The minimum absolute atomic E-state index is 0.388. The Balaban J connectivity index is 1.99.